The highest BCUT2D eigenvalue weighted by Gasteiger charge is 2.35. The Hall–Kier alpha value is -2.18. The van der Waals surface area contributed by atoms with Crippen molar-refractivity contribution in [3.8, 4) is 0 Å². The fourth-order valence-electron chi connectivity index (χ4n) is 3.38. The van der Waals surface area contributed by atoms with Crippen LogP contribution in [0.15, 0.2) is 9.05 Å². The summed E-state index contributed by atoms with van der Waals surface area (Å²) in [6.45, 7) is 4.44. The predicted molar refractivity (Wildman–Crippen MR) is 84.3 cm³/mol. The van der Waals surface area contributed by atoms with Gasteiger partial charge in [-0.25, -0.2) is 0 Å². The van der Waals surface area contributed by atoms with Crippen molar-refractivity contribution < 1.29 is 13.8 Å². The first-order valence-corrected chi connectivity index (χ1v) is 8.68. The van der Waals surface area contributed by atoms with E-state index in [0.717, 1.165) is 55.7 Å². The van der Waals surface area contributed by atoms with E-state index in [1.807, 2.05) is 18.7 Å². The van der Waals surface area contributed by atoms with Crippen LogP contribution in [0.2, 0.25) is 0 Å². The highest BCUT2D eigenvalue weighted by Crippen LogP contribution is 2.39. The third-order valence-electron chi connectivity index (χ3n) is 5.02. The van der Waals surface area contributed by atoms with Gasteiger partial charge >= 0.3 is 0 Å². The molecular weight excluding hydrogens is 308 g/mol. The molecule has 2 aromatic rings. The Bertz CT molecular complexity index is 727. The normalized spacial score (nSPS) is 21.2. The lowest BCUT2D eigenvalue weighted by Crippen LogP contribution is -2.39. The Labute approximate surface area is 140 Å². The highest BCUT2D eigenvalue weighted by atomic mass is 16.5. The quantitative estimate of drug-likeness (QED) is 0.857. The molecule has 1 aliphatic heterocycles. The van der Waals surface area contributed by atoms with Gasteiger partial charge in [-0.1, -0.05) is 10.3 Å². The van der Waals surface area contributed by atoms with Crippen LogP contribution >= 0.6 is 0 Å². The lowest BCUT2D eigenvalue weighted by molar-refractivity contribution is -0.135. The smallest absolute Gasteiger partial charge is 0.249 e. The monoisotopic (exact) mass is 330 g/mol. The third-order valence-corrected chi connectivity index (χ3v) is 5.02. The number of aromatic nitrogens is 3. The van der Waals surface area contributed by atoms with Gasteiger partial charge in [-0.3, -0.25) is 4.79 Å². The van der Waals surface area contributed by atoms with Gasteiger partial charge in [0.25, 0.3) is 0 Å². The van der Waals surface area contributed by atoms with Crippen LogP contribution in [0.25, 0.3) is 0 Å². The van der Waals surface area contributed by atoms with E-state index in [9.17, 15) is 4.79 Å². The minimum Gasteiger partial charge on any atom is -0.361 e. The van der Waals surface area contributed by atoms with Crippen LogP contribution < -0.4 is 0 Å². The molecule has 2 aromatic heterocycles. The summed E-state index contributed by atoms with van der Waals surface area (Å²) in [7, 11) is 0. The van der Waals surface area contributed by atoms with Gasteiger partial charge in [0.05, 0.1) is 12.1 Å². The highest BCUT2D eigenvalue weighted by molar-refractivity contribution is 5.79. The molecule has 1 saturated heterocycles. The minimum atomic E-state index is -0.105. The van der Waals surface area contributed by atoms with Gasteiger partial charge in [0.1, 0.15) is 11.8 Å². The number of likely N-dealkylation sites (tertiary alicyclic amines) is 1. The summed E-state index contributed by atoms with van der Waals surface area (Å²) in [6, 6.07) is -0.105. The van der Waals surface area contributed by atoms with Crippen molar-refractivity contribution in [2.24, 2.45) is 0 Å². The summed E-state index contributed by atoms with van der Waals surface area (Å²) in [6.07, 6.45) is 5.53. The van der Waals surface area contributed by atoms with Crippen LogP contribution in [0.5, 0.6) is 0 Å². The molecule has 1 saturated carbocycles. The molecule has 1 aliphatic carbocycles. The molecule has 24 heavy (non-hydrogen) atoms. The van der Waals surface area contributed by atoms with Crippen LogP contribution in [0.3, 0.4) is 0 Å². The number of hydrogen-bond acceptors (Lipinski definition) is 6. The van der Waals surface area contributed by atoms with E-state index in [1.54, 1.807) is 0 Å². The maximum atomic E-state index is 12.9. The first-order valence-electron chi connectivity index (χ1n) is 8.68. The van der Waals surface area contributed by atoms with Crippen molar-refractivity contribution in [1.82, 2.24) is 20.2 Å². The number of piperidine rings is 1. The molecular formula is C17H22N4O3. The molecule has 0 N–H and O–H groups in total. The Morgan fingerprint density at radius 3 is 2.71 bits per heavy atom. The number of carbonyl (C=O) groups excluding carboxylic acids is 1. The van der Waals surface area contributed by atoms with Crippen molar-refractivity contribution in [2.45, 2.75) is 64.3 Å². The zero-order chi connectivity index (χ0) is 16.7. The van der Waals surface area contributed by atoms with Crippen LogP contribution in [0.4, 0.5) is 0 Å². The molecule has 4 rings (SSSR count). The molecule has 2 aliphatic rings. The minimum absolute atomic E-state index is 0.0697. The van der Waals surface area contributed by atoms with Gasteiger partial charge in [-0.15, -0.1) is 0 Å². The fourth-order valence-corrected chi connectivity index (χ4v) is 3.38. The molecule has 3 heterocycles. The summed E-state index contributed by atoms with van der Waals surface area (Å²) in [5, 5.41) is 8.04. The van der Waals surface area contributed by atoms with E-state index in [1.165, 1.54) is 0 Å². The van der Waals surface area contributed by atoms with Crippen molar-refractivity contribution in [2.75, 3.05) is 6.54 Å². The Kier molecular flexibility index (Phi) is 3.86. The molecule has 0 bridgehead atoms. The zero-order valence-electron chi connectivity index (χ0n) is 14.1. The molecule has 128 valence electrons. The van der Waals surface area contributed by atoms with Crippen LogP contribution in [-0.2, 0) is 11.2 Å². The average molecular weight is 330 g/mol. The van der Waals surface area contributed by atoms with E-state index >= 15 is 0 Å². The molecule has 1 atom stereocenters. The fraction of sp³-hybridized carbons (Fsp3) is 0.647. The molecule has 7 heteroatoms. The average Bonchev–Trinajstić information content (AvgIpc) is 3.25. The van der Waals surface area contributed by atoms with E-state index in [-0.39, 0.29) is 11.9 Å². The van der Waals surface area contributed by atoms with Crippen LogP contribution in [-0.4, -0.2) is 32.6 Å². The Balaban J connectivity index is 1.53. The first kappa shape index (κ1) is 15.4. The number of nitrogens with zero attached hydrogens (tertiary/aromatic N) is 4. The molecule has 7 nitrogen and oxygen atoms in total. The van der Waals surface area contributed by atoms with Crippen LogP contribution in [0.1, 0.15) is 72.8 Å². The predicted octanol–water partition coefficient (Wildman–Crippen LogP) is 2.85. The van der Waals surface area contributed by atoms with Gasteiger partial charge in [0.15, 0.2) is 5.82 Å². The van der Waals surface area contributed by atoms with Crippen molar-refractivity contribution in [1.29, 1.82) is 0 Å². The van der Waals surface area contributed by atoms with Gasteiger partial charge in [0.2, 0.25) is 11.8 Å². The van der Waals surface area contributed by atoms with E-state index in [0.29, 0.717) is 24.0 Å². The summed E-state index contributed by atoms with van der Waals surface area (Å²) in [5.41, 5.74) is 1.66. The molecule has 0 radical (unpaired) electrons. The van der Waals surface area contributed by atoms with Crippen LogP contribution in [0, 0.1) is 13.8 Å². The van der Waals surface area contributed by atoms with Crippen molar-refractivity contribution in [3.05, 3.63) is 28.7 Å². The zero-order valence-corrected chi connectivity index (χ0v) is 14.1. The summed E-state index contributed by atoms with van der Waals surface area (Å²) in [5.74, 6) is 2.62. The summed E-state index contributed by atoms with van der Waals surface area (Å²) in [4.78, 5) is 19.3. The first-order chi connectivity index (χ1) is 11.6. The second kappa shape index (κ2) is 6.03. The van der Waals surface area contributed by atoms with Crippen molar-refractivity contribution >= 4 is 5.91 Å². The van der Waals surface area contributed by atoms with Gasteiger partial charge in [-0.2, -0.15) is 4.98 Å². The number of aryl methyl sites for hydroxylation is 2. The van der Waals surface area contributed by atoms with Gasteiger partial charge < -0.3 is 13.9 Å². The largest absolute Gasteiger partial charge is 0.361 e. The van der Waals surface area contributed by atoms with Gasteiger partial charge in [0, 0.05) is 18.0 Å². The Morgan fingerprint density at radius 1 is 1.17 bits per heavy atom. The molecule has 2 fully saturated rings. The Morgan fingerprint density at radius 2 is 2.00 bits per heavy atom. The standard InChI is InChI=1S/C17H22N4O3/c1-10-13(11(2)23-19-10)9-15(22)21-8-4-3-5-14(21)17-18-16(20-24-17)12-6-7-12/h12,14H,3-9H2,1-2H3/t14-/m0/s1. The van der Waals surface area contributed by atoms with Crippen molar-refractivity contribution in [3.63, 3.8) is 0 Å². The number of hydrogen-bond donors (Lipinski definition) is 0. The second-order valence-electron chi connectivity index (χ2n) is 6.84. The van der Waals surface area contributed by atoms with Gasteiger partial charge in [-0.05, 0) is 46.0 Å². The van der Waals surface area contributed by atoms with E-state index in [4.69, 9.17) is 9.05 Å². The number of amides is 1. The van der Waals surface area contributed by atoms with E-state index in [2.05, 4.69) is 15.3 Å². The molecule has 0 unspecified atom stereocenters. The second-order valence-corrected chi connectivity index (χ2v) is 6.84. The maximum absolute atomic E-state index is 12.9. The molecule has 1 amide bonds. The lowest BCUT2D eigenvalue weighted by atomic mass is 10.0. The summed E-state index contributed by atoms with van der Waals surface area (Å²) >= 11 is 0. The molecule has 0 aromatic carbocycles. The maximum Gasteiger partial charge on any atom is 0.249 e. The third kappa shape index (κ3) is 2.83. The number of carbonyl (C=O) groups is 1. The summed E-state index contributed by atoms with van der Waals surface area (Å²) < 4.78 is 10.7. The topological polar surface area (TPSA) is 85.3 Å². The number of rotatable bonds is 4. The lowest BCUT2D eigenvalue weighted by Gasteiger charge is -2.33. The van der Waals surface area contributed by atoms with E-state index < -0.39 is 0 Å². The molecule has 0 spiro atoms. The SMILES string of the molecule is Cc1noc(C)c1CC(=O)N1CCCC[C@H]1c1nc(C2CC2)no1.